The Morgan fingerprint density at radius 3 is 2.62 bits per heavy atom. The van der Waals surface area contributed by atoms with Crippen LogP contribution < -0.4 is 15.8 Å². The van der Waals surface area contributed by atoms with Crippen molar-refractivity contribution >= 4 is 5.91 Å². The van der Waals surface area contributed by atoms with Crippen LogP contribution in [0.1, 0.15) is 39.6 Å². The molecule has 1 aromatic heterocycles. The van der Waals surface area contributed by atoms with Gasteiger partial charge in [0.25, 0.3) is 0 Å². The van der Waals surface area contributed by atoms with Gasteiger partial charge in [-0.25, -0.2) is 4.98 Å². The van der Waals surface area contributed by atoms with Crippen LogP contribution in [0.2, 0.25) is 0 Å². The van der Waals surface area contributed by atoms with Gasteiger partial charge in [0.1, 0.15) is 6.10 Å². The van der Waals surface area contributed by atoms with E-state index < -0.39 is 5.91 Å². The molecule has 0 bridgehead atoms. The second-order valence-electron chi connectivity index (χ2n) is 7.34. The lowest BCUT2D eigenvalue weighted by atomic mass is 10.1. The number of carbonyl (C=O) groups is 1. The summed E-state index contributed by atoms with van der Waals surface area (Å²) in [5, 5.41) is 3.67. The number of amides is 1. The van der Waals surface area contributed by atoms with Gasteiger partial charge in [0.2, 0.25) is 11.8 Å². The zero-order valence-corrected chi connectivity index (χ0v) is 16.3. The molecule has 0 radical (unpaired) electrons. The molecular weight excluding hydrogens is 362 g/mol. The predicted octanol–water partition coefficient (Wildman–Crippen LogP) is 3.45. The smallest absolute Gasteiger partial charge is 0.250 e. The third kappa shape index (κ3) is 4.63. The fraction of sp³-hybridized carbons (Fsp3) is 0.250. The van der Waals surface area contributed by atoms with E-state index in [1.807, 2.05) is 12.1 Å². The largest absolute Gasteiger partial charge is 0.468 e. The van der Waals surface area contributed by atoms with E-state index >= 15 is 0 Å². The molecule has 0 saturated heterocycles. The van der Waals surface area contributed by atoms with E-state index in [0.29, 0.717) is 11.4 Å². The minimum Gasteiger partial charge on any atom is -0.468 e. The Hall–Kier alpha value is -3.18. The van der Waals surface area contributed by atoms with Crippen molar-refractivity contribution in [1.82, 2.24) is 10.3 Å². The maximum atomic E-state index is 11.3. The highest BCUT2D eigenvalue weighted by Gasteiger charge is 2.33. The molecule has 4 rings (SSSR count). The van der Waals surface area contributed by atoms with Gasteiger partial charge < -0.3 is 15.8 Å². The summed E-state index contributed by atoms with van der Waals surface area (Å²) in [7, 11) is 0. The summed E-state index contributed by atoms with van der Waals surface area (Å²) in [6.45, 7) is 0.918. The minimum absolute atomic E-state index is 0.116. The van der Waals surface area contributed by atoms with Gasteiger partial charge in [0, 0.05) is 12.3 Å². The molecule has 1 heterocycles. The zero-order chi connectivity index (χ0) is 20.1. The number of pyridine rings is 1. The first-order valence-corrected chi connectivity index (χ1v) is 9.98. The Balaban J connectivity index is 1.41. The summed E-state index contributed by atoms with van der Waals surface area (Å²) in [5.74, 6) is 0.000935. The standard InChI is InChI=1S/C24H25N3O2/c25-24(28)19-12-13-22(27-16-19)29-23-20-11-5-4-10-18(20)15-21(23)26-14-6-9-17-7-2-1-3-8-17/h1-5,7-8,10-13,16,21,23,26H,6,9,14-15H2,(H2,25,28). The first kappa shape index (κ1) is 19.2. The van der Waals surface area contributed by atoms with Gasteiger partial charge in [0.05, 0.1) is 11.6 Å². The second-order valence-corrected chi connectivity index (χ2v) is 7.34. The van der Waals surface area contributed by atoms with Crippen molar-refractivity contribution in [2.24, 2.45) is 5.73 Å². The molecule has 2 aromatic carbocycles. The fourth-order valence-electron chi connectivity index (χ4n) is 3.83. The molecule has 29 heavy (non-hydrogen) atoms. The van der Waals surface area contributed by atoms with E-state index in [1.54, 1.807) is 12.1 Å². The van der Waals surface area contributed by atoms with Crippen LogP contribution in [-0.2, 0) is 12.8 Å². The fourth-order valence-corrected chi connectivity index (χ4v) is 3.83. The second kappa shape index (κ2) is 8.88. The van der Waals surface area contributed by atoms with Crippen molar-refractivity contribution < 1.29 is 9.53 Å². The molecule has 1 aliphatic rings. The number of fused-ring (bicyclic) bond motifs is 1. The number of nitrogens with two attached hydrogens (primary N) is 1. The molecule has 2 atom stereocenters. The van der Waals surface area contributed by atoms with E-state index in [0.717, 1.165) is 25.8 Å². The van der Waals surface area contributed by atoms with Crippen LogP contribution in [-0.4, -0.2) is 23.5 Å². The lowest BCUT2D eigenvalue weighted by molar-refractivity contribution is 0.0999. The third-order valence-corrected chi connectivity index (χ3v) is 5.33. The van der Waals surface area contributed by atoms with Crippen molar-refractivity contribution in [2.45, 2.75) is 31.4 Å². The van der Waals surface area contributed by atoms with Crippen molar-refractivity contribution in [2.75, 3.05) is 6.54 Å². The summed E-state index contributed by atoms with van der Waals surface area (Å²) in [6.07, 6.45) is 4.38. The maximum Gasteiger partial charge on any atom is 0.250 e. The van der Waals surface area contributed by atoms with Crippen LogP contribution >= 0.6 is 0 Å². The molecule has 1 amide bonds. The molecule has 0 saturated carbocycles. The van der Waals surface area contributed by atoms with Gasteiger partial charge in [-0.15, -0.1) is 0 Å². The van der Waals surface area contributed by atoms with Crippen molar-refractivity contribution in [3.63, 3.8) is 0 Å². The highest BCUT2D eigenvalue weighted by molar-refractivity contribution is 5.92. The van der Waals surface area contributed by atoms with Crippen molar-refractivity contribution in [1.29, 1.82) is 0 Å². The van der Waals surface area contributed by atoms with Gasteiger partial charge in [-0.05, 0) is 48.6 Å². The number of nitrogens with one attached hydrogen (secondary N) is 1. The Labute approximate surface area is 170 Å². The van der Waals surface area contributed by atoms with Crippen LogP contribution in [0.15, 0.2) is 72.9 Å². The third-order valence-electron chi connectivity index (χ3n) is 5.33. The van der Waals surface area contributed by atoms with E-state index in [2.05, 4.69) is 52.8 Å². The minimum atomic E-state index is -0.492. The molecule has 0 fully saturated rings. The van der Waals surface area contributed by atoms with Crippen molar-refractivity contribution in [3.05, 3.63) is 95.2 Å². The van der Waals surface area contributed by atoms with Crippen LogP contribution in [0.3, 0.4) is 0 Å². The average Bonchev–Trinajstić information content (AvgIpc) is 3.10. The van der Waals surface area contributed by atoms with Crippen molar-refractivity contribution in [3.8, 4) is 5.88 Å². The van der Waals surface area contributed by atoms with Crippen LogP contribution in [0.4, 0.5) is 0 Å². The van der Waals surface area contributed by atoms with Crippen LogP contribution in [0.25, 0.3) is 0 Å². The van der Waals surface area contributed by atoms with E-state index in [1.165, 1.54) is 22.9 Å². The predicted molar refractivity (Wildman–Crippen MR) is 113 cm³/mol. The summed E-state index contributed by atoms with van der Waals surface area (Å²) in [5.41, 5.74) is 9.51. The zero-order valence-electron chi connectivity index (χ0n) is 16.3. The normalized spacial score (nSPS) is 17.7. The molecular formula is C24H25N3O2. The van der Waals surface area contributed by atoms with Crippen LogP contribution in [0, 0.1) is 0 Å². The number of primary amides is 1. The van der Waals surface area contributed by atoms with Gasteiger partial charge in [-0.2, -0.15) is 0 Å². The summed E-state index contributed by atoms with van der Waals surface area (Å²) in [6, 6.07) is 22.4. The first-order valence-electron chi connectivity index (χ1n) is 9.98. The maximum absolute atomic E-state index is 11.3. The number of benzene rings is 2. The molecule has 148 valence electrons. The molecule has 5 nitrogen and oxygen atoms in total. The SMILES string of the molecule is NC(=O)c1ccc(OC2c3ccccc3CC2NCCCc2ccccc2)nc1. The lowest BCUT2D eigenvalue weighted by Gasteiger charge is -2.23. The lowest BCUT2D eigenvalue weighted by Crippen LogP contribution is -2.36. The first-order chi connectivity index (χ1) is 14.2. The number of rotatable bonds is 8. The van der Waals surface area contributed by atoms with E-state index in [9.17, 15) is 4.79 Å². The molecule has 2 unspecified atom stereocenters. The number of hydrogen-bond donors (Lipinski definition) is 2. The highest BCUT2D eigenvalue weighted by Crippen LogP contribution is 2.34. The number of ether oxygens (including phenoxy) is 1. The van der Waals surface area contributed by atoms with E-state index in [4.69, 9.17) is 10.5 Å². The topological polar surface area (TPSA) is 77.2 Å². The molecule has 3 aromatic rings. The quantitative estimate of drug-likeness (QED) is 0.581. The number of aromatic nitrogens is 1. The Kier molecular flexibility index (Phi) is 5.86. The summed E-state index contributed by atoms with van der Waals surface area (Å²) in [4.78, 5) is 15.5. The average molecular weight is 387 g/mol. The molecule has 1 aliphatic carbocycles. The number of nitrogens with zero attached hydrogens (tertiary/aromatic N) is 1. The van der Waals surface area contributed by atoms with Crippen LogP contribution in [0.5, 0.6) is 5.88 Å². The Morgan fingerprint density at radius 2 is 1.86 bits per heavy atom. The van der Waals surface area contributed by atoms with Gasteiger partial charge in [-0.1, -0.05) is 54.6 Å². The number of carbonyl (C=O) groups excluding carboxylic acids is 1. The number of aryl methyl sites for hydroxylation is 1. The molecule has 5 heteroatoms. The molecule has 0 aliphatic heterocycles. The summed E-state index contributed by atoms with van der Waals surface area (Å²) >= 11 is 0. The molecule has 0 spiro atoms. The van der Waals surface area contributed by atoms with E-state index in [-0.39, 0.29) is 12.1 Å². The van der Waals surface area contributed by atoms with Gasteiger partial charge in [0.15, 0.2) is 0 Å². The monoisotopic (exact) mass is 387 g/mol. The highest BCUT2D eigenvalue weighted by atomic mass is 16.5. The van der Waals surface area contributed by atoms with Gasteiger partial charge >= 0.3 is 0 Å². The Morgan fingerprint density at radius 1 is 1.07 bits per heavy atom. The summed E-state index contributed by atoms with van der Waals surface area (Å²) < 4.78 is 6.24. The molecule has 3 N–H and O–H groups in total. The Bertz CT molecular complexity index is 957. The van der Waals surface area contributed by atoms with Gasteiger partial charge in [-0.3, -0.25) is 4.79 Å². The number of hydrogen-bond acceptors (Lipinski definition) is 4.